The van der Waals surface area contributed by atoms with Crippen molar-refractivity contribution < 1.29 is 207 Å². The summed E-state index contributed by atoms with van der Waals surface area (Å²) in [4.78, 5) is 70.1. The van der Waals surface area contributed by atoms with E-state index in [0.717, 1.165) is 13.0 Å². The van der Waals surface area contributed by atoms with Crippen LogP contribution in [0.25, 0.3) is 6.08 Å². The number of rotatable bonds is 28. The quantitative estimate of drug-likeness (QED) is 0.0125. The summed E-state index contributed by atoms with van der Waals surface area (Å²) in [7, 11) is 1.46. The van der Waals surface area contributed by atoms with Crippen LogP contribution in [-0.4, -0.2) is 387 Å². The Kier molecular flexibility index (Phi) is 29.8. The molecule has 7 saturated heterocycles. The first kappa shape index (κ1) is 99.1. The molecular formula is C85H126O42. The smallest absolute Gasteiger partial charge is 0.331 e. The highest BCUT2D eigenvalue weighted by Gasteiger charge is 2.75. The second-order valence-electron chi connectivity index (χ2n) is 38.5. The number of ether oxygens (including phenoxy) is 17. The third kappa shape index (κ3) is 18.7. The van der Waals surface area contributed by atoms with E-state index in [-0.39, 0.29) is 44.9 Å². The molecule has 127 heavy (non-hydrogen) atoms. The third-order valence-corrected chi connectivity index (χ3v) is 29.7. The van der Waals surface area contributed by atoms with Gasteiger partial charge in [-0.15, -0.1) is 0 Å². The molecule has 0 bridgehead atoms. The van der Waals surface area contributed by atoms with E-state index in [1.807, 2.05) is 33.8 Å². The van der Waals surface area contributed by atoms with Crippen molar-refractivity contribution in [2.45, 2.75) is 341 Å². The molecule has 11 fully saturated rings. The van der Waals surface area contributed by atoms with Crippen LogP contribution in [0, 0.1) is 50.2 Å². The zero-order valence-electron chi connectivity index (χ0n) is 72.2. The number of carbonyl (C=O) groups is 5. The lowest BCUT2D eigenvalue weighted by Crippen LogP contribution is -2.71. The Hall–Kier alpha value is -5.39. The predicted octanol–water partition coefficient (Wildman–Crippen LogP) is -4.11. The molecule has 0 spiro atoms. The molecule has 4 saturated carbocycles. The molecule has 5 aliphatic carbocycles. The van der Waals surface area contributed by atoms with Crippen LogP contribution in [0.15, 0.2) is 42.0 Å². The number of hydrogen-bond acceptors (Lipinski definition) is 40. The minimum absolute atomic E-state index is 0.00484. The van der Waals surface area contributed by atoms with Gasteiger partial charge in [0.25, 0.3) is 0 Å². The van der Waals surface area contributed by atoms with Crippen LogP contribution in [0.1, 0.15) is 139 Å². The minimum Gasteiger partial charge on any atom is -0.497 e. The normalized spacial score (nSPS) is 47.8. The molecule has 0 radical (unpaired) electrons. The average Bonchev–Trinajstić information content (AvgIpc) is 1.03. The van der Waals surface area contributed by atoms with Crippen LogP contribution in [0.3, 0.4) is 0 Å². The minimum atomic E-state index is -2.60. The molecule has 42 unspecified atom stereocenters. The van der Waals surface area contributed by atoms with Gasteiger partial charge in [0.2, 0.25) is 6.29 Å². The monoisotopic (exact) mass is 1820 g/mol. The van der Waals surface area contributed by atoms with E-state index < -0.39 is 340 Å². The molecule has 718 valence electrons. The van der Waals surface area contributed by atoms with Crippen LogP contribution in [0.4, 0.5) is 0 Å². The Morgan fingerprint density at radius 2 is 1.11 bits per heavy atom. The van der Waals surface area contributed by atoms with E-state index >= 15 is 4.79 Å². The van der Waals surface area contributed by atoms with Crippen molar-refractivity contribution in [2.24, 2.45) is 50.2 Å². The Bertz CT molecular complexity index is 4060. The van der Waals surface area contributed by atoms with Gasteiger partial charge in [0, 0.05) is 11.5 Å². The van der Waals surface area contributed by atoms with E-state index in [4.69, 9.17) is 80.5 Å². The lowest BCUT2D eigenvalue weighted by atomic mass is 9.33. The molecule has 42 heteroatoms. The summed E-state index contributed by atoms with van der Waals surface area (Å²) in [6.45, 7) is 9.78. The number of carbonyl (C=O) groups excluding carboxylic acids is 3. The van der Waals surface area contributed by atoms with E-state index in [0.29, 0.717) is 29.7 Å². The Morgan fingerprint density at radius 1 is 0.551 bits per heavy atom. The Morgan fingerprint density at radius 3 is 1.75 bits per heavy atom. The summed E-state index contributed by atoms with van der Waals surface area (Å²) in [6.07, 6.45) is -55.4. The lowest BCUT2D eigenvalue weighted by Gasteiger charge is -2.71. The predicted molar refractivity (Wildman–Crippen MR) is 421 cm³/mol. The van der Waals surface area contributed by atoms with Gasteiger partial charge in [0.1, 0.15) is 128 Å². The zero-order valence-corrected chi connectivity index (χ0v) is 72.2. The second-order valence-corrected chi connectivity index (χ2v) is 38.5. The van der Waals surface area contributed by atoms with Gasteiger partial charge in [-0.1, -0.05) is 51.5 Å². The number of fused-ring (bicyclic) bond motifs is 7. The number of aliphatic hydroxyl groups excluding tert-OH is 16. The van der Waals surface area contributed by atoms with Gasteiger partial charge in [0.15, 0.2) is 55.5 Å². The summed E-state index contributed by atoms with van der Waals surface area (Å²) in [5.74, 6) is -7.61. The maximum Gasteiger partial charge on any atom is 0.331 e. The fourth-order valence-corrected chi connectivity index (χ4v) is 22.4. The van der Waals surface area contributed by atoms with E-state index in [9.17, 15) is 121 Å². The number of methoxy groups -OCH3 is 1. The topological polar surface area (TPSA) is 647 Å². The van der Waals surface area contributed by atoms with Gasteiger partial charge < -0.3 is 183 Å². The van der Waals surface area contributed by atoms with Gasteiger partial charge in [-0.3, -0.25) is 19.2 Å². The van der Waals surface area contributed by atoms with Gasteiger partial charge >= 0.3 is 29.8 Å². The van der Waals surface area contributed by atoms with Crippen molar-refractivity contribution in [3.8, 4) is 5.75 Å². The number of benzene rings is 1. The molecule has 20 N–H and O–H groups in total. The summed E-state index contributed by atoms with van der Waals surface area (Å²) < 4.78 is 105. The highest BCUT2D eigenvalue weighted by atomic mass is 16.8. The lowest BCUT2D eigenvalue weighted by molar-refractivity contribution is -0.398. The van der Waals surface area contributed by atoms with Crippen LogP contribution in [-0.2, 0) is 99.8 Å². The number of hydrogen-bond donors (Lipinski definition) is 20. The first-order chi connectivity index (χ1) is 59.6. The van der Waals surface area contributed by atoms with Crippen molar-refractivity contribution in [1.29, 1.82) is 0 Å². The number of aliphatic carboxylic acids is 2. The molecule has 42 atom stereocenters. The standard InChI is InChI=1S/C85H126O42/c1-35-51(95)54(98)57(101)70(115-35)124-65-62(120-49(93)18-13-38-11-14-39(111-10)15-12-38)37(3)117-74(66(65)125-73-60(104)64(123-75-67(105)85(110,34-114-75)33-113-50(94)28-79(6,109)27-48(91)92)61(36(2)116-73)121-69-59(103)63(43(90)31-112-69)122-71-56(100)53(97)45(30-87)118-71)127-77(108)83-22-21-78(4,5)25-41(83)40-16-17-46-80(7)26-42(89)68(126-72-58(102)55(99)52(96)44(29-86)119-72)82(9,76(106)107)47(80)19-20-81(46,8)84(40,32-88)24-23-83/h11-16,18,35-37,41-47,51-75,86-90,95-105,109-110H,17,19-34H2,1-10H3,(H,91,92)(H,106,107). The van der Waals surface area contributed by atoms with Crippen molar-refractivity contribution in [2.75, 3.05) is 46.8 Å². The first-order valence-electron chi connectivity index (χ1n) is 43.2. The average molecular weight is 1820 g/mol. The van der Waals surface area contributed by atoms with Gasteiger partial charge in [-0.05, 0) is 150 Å². The number of esters is 3. The molecule has 1 aromatic carbocycles. The number of carboxylic acids is 2. The second kappa shape index (κ2) is 38.2. The molecular weight excluding hydrogens is 1690 g/mol. The number of carboxylic acid groups (broad SMARTS) is 2. The van der Waals surface area contributed by atoms with Crippen molar-refractivity contribution in [3.05, 3.63) is 47.6 Å². The fourth-order valence-electron chi connectivity index (χ4n) is 22.4. The summed E-state index contributed by atoms with van der Waals surface area (Å²) in [5.41, 5.74) is -10.7. The Labute approximate surface area is 730 Å². The van der Waals surface area contributed by atoms with Crippen LogP contribution < -0.4 is 4.74 Å². The number of aliphatic hydroxyl groups is 18. The SMILES string of the molecule is COc1ccc(C=CC(=O)OC2C(C)OC(OC(=O)C34CCC(C)(C)CC3C3=CCC5C6(C)CC(O)C(OC7OC(CO)C(O)C(O)C7O)C(C)(C(=O)O)C6CCC5(C)C3(CO)CC4)C(OC3OC(C)C(OC4OCC(O)C(OC5OC(CO)C(O)C5O)C4O)C(OC4OCC(O)(COC(=O)CC(C)(O)CC(=O)O)C4O)C3O)C2OC2OC(C)C(O)C(O)C2O)cc1. The fraction of sp³-hybridized carbons (Fsp3) is 0.824. The van der Waals surface area contributed by atoms with Crippen molar-refractivity contribution >= 4 is 35.9 Å². The summed E-state index contributed by atoms with van der Waals surface area (Å²) >= 11 is 0. The van der Waals surface area contributed by atoms with Crippen LogP contribution in [0.2, 0.25) is 0 Å². The number of allylic oxidation sites excluding steroid dienone is 1. The molecule has 0 aromatic heterocycles. The third-order valence-electron chi connectivity index (χ3n) is 29.7. The first-order valence-corrected chi connectivity index (χ1v) is 43.2. The highest BCUT2D eigenvalue weighted by Crippen LogP contribution is 2.76. The highest BCUT2D eigenvalue weighted by molar-refractivity contribution is 5.87. The van der Waals surface area contributed by atoms with Gasteiger partial charge in [-0.25, -0.2) is 4.79 Å². The molecule has 7 heterocycles. The molecule has 1 aromatic rings. The van der Waals surface area contributed by atoms with E-state index in [2.05, 4.69) is 0 Å². The molecule has 0 amide bonds. The summed E-state index contributed by atoms with van der Waals surface area (Å²) in [6, 6.07) is 6.50. The maximum atomic E-state index is 16.7. The van der Waals surface area contributed by atoms with Crippen molar-refractivity contribution in [3.63, 3.8) is 0 Å². The van der Waals surface area contributed by atoms with Crippen LogP contribution >= 0.6 is 0 Å². The molecule has 13 rings (SSSR count). The van der Waals surface area contributed by atoms with Gasteiger partial charge in [0.05, 0.1) is 93.8 Å². The van der Waals surface area contributed by atoms with Gasteiger partial charge in [-0.2, -0.15) is 0 Å². The zero-order chi connectivity index (χ0) is 92.8. The Balaban J connectivity index is 0.864. The maximum absolute atomic E-state index is 16.7. The van der Waals surface area contributed by atoms with Crippen LogP contribution in [0.5, 0.6) is 5.75 Å². The molecule has 12 aliphatic rings. The molecule has 42 nitrogen and oxygen atoms in total. The van der Waals surface area contributed by atoms with Crippen molar-refractivity contribution in [1.82, 2.24) is 0 Å². The van der Waals surface area contributed by atoms with E-state index in [1.54, 1.807) is 24.3 Å². The molecule has 7 aliphatic heterocycles. The summed E-state index contributed by atoms with van der Waals surface area (Å²) in [5, 5.41) is 225. The van der Waals surface area contributed by atoms with E-state index in [1.165, 1.54) is 40.9 Å². The largest absolute Gasteiger partial charge is 0.497 e.